The van der Waals surface area contributed by atoms with Crippen LogP contribution in [0.2, 0.25) is 0 Å². The van der Waals surface area contributed by atoms with Gasteiger partial charge in [-0.3, -0.25) is 0 Å². The second-order valence-electron chi connectivity index (χ2n) is 2.44. The molecule has 0 saturated carbocycles. The van der Waals surface area contributed by atoms with E-state index in [0.717, 1.165) is 5.41 Å². The van der Waals surface area contributed by atoms with Crippen molar-refractivity contribution in [3.63, 3.8) is 0 Å². The quantitative estimate of drug-likeness (QED) is 0.727. The Morgan fingerprint density at radius 3 is 2.43 bits per heavy atom. The van der Waals surface area contributed by atoms with E-state index in [1.54, 1.807) is 18.2 Å². The van der Waals surface area contributed by atoms with Crippen molar-refractivity contribution in [2.75, 3.05) is 0 Å². The maximum Gasteiger partial charge on any atom is 0.201 e. The molecule has 14 heavy (non-hydrogen) atoms. The minimum atomic E-state index is -3.59. The van der Waals surface area contributed by atoms with E-state index in [4.69, 9.17) is 16.9 Å². The molecule has 0 bridgehead atoms. The standard InChI is InChI=1S/C9H6ClNO2S/c10-8(6-11)7-14(12,13)9-4-2-1-3-5-9/h1-5,7H/b8-7-. The predicted octanol–water partition coefficient (Wildman–Crippen LogP) is 2.06. The van der Waals surface area contributed by atoms with E-state index >= 15 is 0 Å². The lowest BCUT2D eigenvalue weighted by molar-refractivity contribution is 0.604. The fraction of sp³-hybridized carbons (Fsp3) is 0. The highest BCUT2D eigenvalue weighted by atomic mass is 35.5. The van der Waals surface area contributed by atoms with Crippen LogP contribution in [0, 0.1) is 11.3 Å². The van der Waals surface area contributed by atoms with E-state index in [2.05, 4.69) is 0 Å². The number of halogens is 1. The second kappa shape index (κ2) is 4.27. The molecule has 0 saturated heterocycles. The summed E-state index contributed by atoms with van der Waals surface area (Å²) in [5.74, 6) is 0. The third-order valence-corrected chi connectivity index (χ3v) is 3.24. The van der Waals surface area contributed by atoms with Crippen molar-refractivity contribution in [1.82, 2.24) is 0 Å². The van der Waals surface area contributed by atoms with Crippen molar-refractivity contribution in [2.45, 2.75) is 4.90 Å². The molecule has 0 radical (unpaired) electrons. The van der Waals surface area contributed by atoms with E-state index in [1.807, 2.05) is 0 Å². The van der Waals surface area contributed by atoms with Gasteiger partial charge >= 0.3 is 0 Å². The number of rotatable bonds is 2. The van der Waals surface area contributed by atoms with Gasteiger partial charge in [0.2, 0.25) is 9.84 Å². The molecule has 0 aromatic heterocycles. The lowest BCUT2D eigenvalue weighted by atomic mass is 10.4. The molecule has 0 N–H and O–H groups in total. The summed E-state index contributed by atoms with van der Waals surface area (Å²) in [4.78, 5) is 0.119. The molecule has 0 atom stereocenters. The van der Waals surface area contributed by atoms with Gasteiger partial charge in [-0.2, -0.15) is 5.26 Å². The van der Waals surface area contributed by atoms with Crippen LogP contribution in [0.5, 0.6) is 0 Å². The van der Waals surface area contributed by atoms with E-state index in [1.165, 1.54) is 18.2 Å². The van der Waals surface area contributed by atoms with Crippen molar-refractivity contribution in [1.29, 1.82) is 5.26 Å². The molecule has 1 aromatic rings. The summed E-state index contributed by atoms with van der Waals surface area (Å²) in [6.45, 7) is 0. The maximum absolute atomic E-state index is 11.5. The van der Waals surface area contributed by atoms with E-state index in [0.29, 0.717) is 0 Å². The third-order valence-electron chi connectivity index (χ3n) is 1.44. The first-order valence-electron chi connectivity index (χ1n) is 3.64. The summed E-state index contributed by atoms with van der Waals surface area (Å²) in [6, 6.07) is 9.31. The molecule has 0 amide bonds. The van der Waals surface area contributed by atoms with Crippen molar-refractivity contribution in [3.8, 4) is 6.07 Å². The molecular formula is C9H6ClNO2S. The monoisotopic (exact) mass is 227 g/mol. The van der Waals surface area contributed by atoms with Crippen LogP contribution >= 0.6 is 11.6 Å². The summed E-state index contributed by atoms with van der Waals surface area (Å²) in [5, 5.41) is 8.72. The summed E-state index contributed by atoms with van der Waals surface area (Å²) in [5.41, 5.74) is 0. The Morgan fingerprint density at radius 2 is 1.93 bits per heavy atom. The average molecular weight is 228 g/mol. The molecule has 3 nitrogen and oxygen atoms in total. The molecule has 5 heteroatoms. The summed E-state index contributed by atoms with van der Waals surface area (Å²) >= 11 is 5.32. The molecule has 0 aliphatic carbocycles. The summed E-state index contributed by atoms with van der Waals surface area (Å²) in [6.07, 6.45) is 0. The third kappa shape index (κ3) is 2.59. The highest BCUT2D eigenvalue weighted by molar-refractivity contribution is 7.94. The maximum atomic E-state index is 11.5. The Kier molecular flexibility index (Phi) is 3.28. The first-order valence-corrected chi connectivity index (χ1v) is 5.56. The fourth-order valence-corrected chi connectivity index (χ4v) is 2.19. The lowest BCUT2D eigenvalue weighted by Gasteiger charge is -1.96. The molecule has 0 heterocycles. The van der Waals surface area contributed by atoms with Crippen LogP contribution in [0.4, 0.5) is 0 Å². The Bertz CT molecular complexity index is 485. The molecular weight excluding hydrogens is 222 g/mol. The summed E-state index contributed by atoms with van der Waals surface area (Å²) < 4.78 is 23.0. The van der Waals surface area contributed by atoms with E-state index in [9.17, 15) is 8.42 Å². The van der Waals surface area contributed by atoms with Gasteiger partial charge in [-0.15, -0.1) is 0 Å². The van der Waals surface area contributed by atoms with Crippen molar-refractivity contribution < 1.29 is 8.42 Å². The van der Waals surface area contributed by atoms with Gasteiger partial charge in [-0.05, 0) is 12.1 Å². The Balaban J connectivity index is 3.19. The number of hydrogen-bond acceptors (Lipinski definition) is 3. The van der Waals surface area contributed by atoms with Gasteiger partial charge in [0.25, 0.3) is 0 Å². The van der Waals surface area contributed by atoms with Gasteiger partial charge < -0.3 is 0 Å². The Hall–Kier alpha value is -1.31. The number of allylic oxidation sites excluding steroid dienone is 1. The van der Waals surface area contributed by atoms with Crippen LogP contribution in [-0.2, 0) is 9.84 Å². The molecule has 0 unspecified atom stereocenters. The van der Waals surface area contributed by atoms with E-state index < -0.39 is 9.84 Å². The molecule has 0 fully saturated rings. The van der Waals surface area contributed by atoms with Crippen LogP contribution in [-0.4, -0.2) is 8.42 Å². The zero-order valence-electron chi connectivity index (χ0n) is 7.01. The number of nitrogens with zero attached hydrogens (tertiary/aromatic N) is 1. The SMILES string of the molecule is N#C/C(Cl)=C/S(=O)(=O)c1ccccc1. The van der Waals surface area contributed by atoms with Crippen molar-refractivity contribution in [3.05, 3.63) is 40.8 Å². The Labute approximate surface area is 87.2 Å². The lowest BCUT2D eigenvalue weighted by Crippen LogP contribution is -1.95. The van der Waals surface area contributed by atoms with Crippen molar-refractivity contribution in [2.24, 2.45) is 0 Å². The average Bonchev–Trinajstić information content (AvgIpc) is 2.18. The summed E-state index contributed by atoms with van der Waals surface area (Å²) in [7, 11) is -3.59. The van der Waals surface area contributed by atoms with Crippen LogP contribution in [0.15, 0.2) is 45.7 Å². The minimum Gasteiger partial charge on any atom is -0.219 e. The number of sulfone groups is 1. The molecule has 0 spiro atoms. The van der Waals surface area contributed by atoms with Gasteiger partial charge in [0, 0.05) is 0 Å². The molecule has 1 rings (SSSR count). The largest absolute Gasteiger partial charge is 0.219 e. The first kappa shape index (κ1) is 10.8. The van der Waals surface area contributed by atoms with Gasteiger partial charge in [0.15, 0.2) is 0 Å². The molecule has 0 aliphatic heterocycles. The van der Waals surface area contributed by atoms with Crippen LogP contribution in [0.1, 0.15) is 0 Å². The predicted molar refractivity (Wildman–Crippen MR) is 53.2 cm³/mol. The van der Waals surface area contributed by atoms with Gasteiger partial charge in [-0.25, -0.2) is 8.42 Å². The molecule has 72 valence electrons. The zero-order valence-corrected chi connectivity index (χ0v) is 8.59. The van der Waals surface area contributed by atoms with Crippen LogP contribution < -0.4 is 0 Å². The zero-order chi connectivity index (χ0) is 10.6. The molecule has 0 aliphatic rings. The highest BCUT2D eigenvalue weighted by Crippen LogP contribution is 2.14. The number of nitriles is 1. The van der Waals surface area contributed by atoms with Gasteiger partial charge in [-0.1, -0.05) is 29.8 Å². The molecule has 1 aromatic carbocycles. The second-order valence-corrected chi connectivity index (χ2v) is 4.64. The van der Waals surface area contributed by atoms with Crippen LogP contribution in [0.3, 0.4) is 0 Å². The van der Waals surface area contributed by atoms with Gasteiger partial charge in [0.1, 0.15) is 11.1 Å². The fourth-order valence-electron chi connectivity index (χ4n) is 0.841. The minimum absolute atomic E-state index is 0.119. The van der Waals surface area contributed by atoms with Crippen LogP contribution in [0.25, 0.3) is 0 Å². The van der Waals surface area contributed by atoms with Gasteiger partial charge in [0.05, 0.1) is 10.3 Å². The number of benzene rings is 1. The Morgan fingerprint density at radius 1 is 1.36 bits per heavy atom. The highest BCUT2D eigenvalue weighted by Gasteiger charge is 2.10. The first-order chi connectivity index (χ1) is 6.56. The number of hydrogen-bond donors (Lipinski definition) is 0. The van der Waals surface area contributed by atoms with E-state index in [-0.39, 0.29) is 9.93 Å². The van der Waals surface area contributed by atoms with Crippen molar-refractivity contribution >= 4 is 21.4 Å². The smallest absolute Gasteiger partial charge is 0.201 e. The topological polar surface area (TPSA) is 57.9 Å². The normalized spacial score (nSPS) is 12.1.